The number of nitrogens with zero attached hydrogens (tertiary/aromatic N) is 1. The molecule has 2 rings (SSSR count). The Morgan fingerprint density at radius 1 is 1.45 bits per heavy atom. The first-order valence-electron chi connectivity index (χ1n) is 6.95. The number of nitrogens with two attached hydrogens (primary N) is 1. The van der Waals surface area contributed by atoms with Gasteiger partial charge < -0.3 is 10.2 Å². The highest BCUT2D eigenvalue weighted by atomic mass is 35.5. The number of halogens is 1. The number of hydrogen-bond acceptors (Lipinski definition) is 4. The number of rotatable bonds is 4. The van der Waals surface area contributed by atoms with Crippen LogP contribution in [0.15, 0.2) is 24.3 Å². The van der Waals surface area contributed by atoms with Crippen molar-refractivity contribution in [2.75, 3.05) is 20.1 Å². The van der Waals surface area contributed by atoms with Crippen LogP contribution in [0.3, 0.4) is 0 Å². The zero-order chi connectivity index (χ0) is 15.5. The van der Waals surface area contributed by atoms with Crippen molar-refractivity contribution in [2.45, 2.75) is 24.6 Å². The first kappa shape index (κ1) is 18.9. The van der Waals surface area contributed by atoms with Gasteiger partial charge in [0.05, 0.1) is 5.75 Å². The number of benzene rings is 1. The summed E-state index contributed by atoms with van der Waals surface area (Å²) in [5.74, 6) is -0.320. The lowest BCUT2D eigenvalue weighted by Gasteiger charge is -2.32. The van der Waals surface area contributed by atoms with E-state index in [-0.39, 0.29) is 24.1 Å². The van der Waals surface area contributed by atoms with Crippen LogP contribution in [0.25, 0.3) is 0 Å². The molecule has 0 spiro atoms. The van der Waals surface area contributed by atoms with Gasteiger partial charge >= 0.3 is 0 Å². The highest BCUT2D eigenvalue weighted by molar-refractivity contribution is 7.88. The van der Waals surface area contributed by atoms with Crippen molar-refractivity contribution in [1.29, 1.82) is 0 Å². The van der Waals surface area contributed by atoms with Crippen LogP contribution in [0.2, 0.25) is 0 Å². The van der Waals surface area contributed by atoms with E-state index in [1.165, 1.54) is 0 Å². The van der Waals surface area contributed by atoms with Gasteiger partial charge in [-0.05, 0) is 37.6 Å². The molecule has 1 saturated heterocycles. The van der Waals surface area contributed by atoms with Crippen molar-refractivity contribution >= 4 is 28.3 Å². The third-order valence-corrected chi connectivity index (χ3v) is 4.39. The molecule has 1 unspecified atom stereocenters. The van der Waals surface area contributed by atoms with Crippen LogP contribution in [0.4, 0.5) is 0 Å². The van der Waals surface area contributed by atoms with Crippen LogP contribution in [-0.4, -0.2) is 45.4 Å². The predicted molar refractivity (Wildman–Crippen MR) is 88.5 cm³/mol. The van der Waals surface area contributed by atoms with Crippen LogP contribution < -0.4 is 10.5 Å². The highest BCUT2D eigenvalue weighted by Gasteiger charge is 2.23. The molecule has 1 heterocycles. The molecule has 1 aromatic carbocycles. The summed E-state index contributed by atoms with van der Waals surface area (Å²) in [5.41, 5.74) is 1.04. The minimum atomic E-state index is -3.59. The van der Waals surface area contributed by atoms with Gasteiger partial charge in [-0.25, -0.2) is 13.6 Å². The average Bonchev–Trinajstić information content (AvgIpc) is 2.45. The predicted octanol–water partition coefficient (Wildman–Crippen LogP) is 0.721. The molecular formula is C14H22ClN3O3S. The van der Waals surface area contributed by atoms with Crippen LogP contribution >= 0.6 is 12.4 Å². The van der Waals surface area contributed by atoms with Crippen molar-refractivity contribution in [3.8, 4) is 0 Å². The number of nitrogens with one attached hydrogen (secondary N) is 1. The molecule has 1 atom stereocenters. The smallest absolute Gasteiger partial charge is 0.253 e. The summed E-state index contributed by atoms with van der Waals surface area (Å²) in [7, 11) is -1.70. The van der Waals surface area contributed by atoms with Gasteiger partial charge in [0.15, 0.2) is 0 Å². The molecule has 1 aliphatic rings. The molecule has 8 heteroatoms. The van der Waals surface area contributed by atoms with Crippen molar-refractivity contribution in [3.63, 3.8) is 0 Å². The maximum atomic E-state index is 12.5. The Morgan fingerprint density at radius 2 is 2.18 bits per heavy atom. The quantitative estimate of drug-likeness (QED) is 0.839. The van der Waals surface area contributed by atoms with Crippen LogP contribution in [-0.2, 0) is 15.8 Å². The van der Waals surface area contributed by atoms with Gasteiger partial charge in [-0.15, -0.1) is 12.4 Å². The minimum Gasteiger partial charge on any atom is -0.337 e. The molecule has 1 amide bonds. The van der Waals surface area contributed by atoms with Gasteiger partial charge in [0, 0.05) is 24.7 Å². The van der Waals surface area contributed by atoms with Crippen LogP contribution in [0.1, 0.15) is 28.8 Å². The Hall–Kier alpha value is -1.15. The van der Waals surface area contributed by atoms with Gasteiger partial charge in [0.2, 0.25) is 10.0 Å². The molecular weight excluding hydrogens is 326 g/mol. The van der Waals surface area contributed by atoms with Crippen molar-refractivity contribution in [1.82, 2.24) is 10.2 Å². The van der Waals surface area contributed by atoms with Crippen molar-refractivity contribution < 1.29 is 13.2 Å². The fourth-order valence-corrected chi connectivity index (χ4v) is 3.25. The molecule has 1 aliphatic heterocycles. The number of likely N-dealkylation sites (N-methyl/N-ethyl adjacent to an activating group) is 1. The third-order valence-electron chi connectivity index (χ3n) is 3.66. The normalized spacial score (nSPS) is 18.6. The van der Waals surface area contributed by atoms with Gasteiger partial charge in [0.25, 0.3) is 5.91 Å². The molecule has 124 valence electrons. The SMILES string of the molecule is CNC1CCCN(C(=O)c2cccc(CS(N)(=O)=O)c2)C1.Cl. The Balaban J connectivity index is 0.00000242. The number of carbonyl (C=O) groups excluding carboxylic acids is 1. The standard InChI is InChI=1S/C14H21N3O3S.ClH/c1-16-13-6-3-7-17(9-13)14(18)12-5-2-4-11(8-12)10-21(15,19)20;/h2,4-5,8,13,16H,3,6-7,9-10H2,1H3,(H2,15,19,20);1H. The van der Waals surface area contributed by atoms with Crippen molar-refractivity contribution in [3.05, 3.63) is 35.4 Å². The zero-order valence-electron chi connectivity index (χ0n) is 12.5. The average molecular weight is 348 g/mol. The highest BCUT2D eigenvalue weighted by Crippen LogP contribution is 2.15. The summed E-state index contributed by atoms with van der Waals surface area (Å²) in [4.78, 5) is 14.3. The summed E-state index contributed by atoms with van der Waals surface area (Å²) in [6, 6.07) is 6.98. The van der Waals surface area contributed by atoms with E-state index < -0.39 is 10.0 Å². The van der Waals surface area contributed by atoms with Gasteiger partial charge in [-0.2, -0.15) is 0 Å². The lowest BCUT2D eigenvalue weighted by molar-refractivity contribution is 0.0698. The third kappa shape index (κ3) is 5.24. The Kier molecular flexibility index (Phi) is 6.80. The molecule has 0 aromatic heterocycles. The van der Waals surface area contributed by atoms with Gasteiger partial charge in [-0.3, -0.25) is 4.79 Å². The number of likely N-dealkylation sites (tertiary alicyclic amines) is 1. The molecule has 0 radical (unpaired) electrons. The number of piperidine rings is 1. The molecule has 0 saturated carbocycles. The second kappa shape index (κ2) is 7.92. The lowest BCUT2D eigenvalue weighted by atomic mass is 10.0. The van der Waals surface area contributed by atoms with E-state index in [4.69, 9.17) is 5.14 Å². The lowest BCUT2D eigenvalue weighted by Crippen LogP contribution is -2.46. The fourth-order valence-electron chi connectivity index (χ4n) is 2.61. The molecule has 22 heavy (non-hydrogen) atoms. The topological polar surface area (TPSA) is 92.5 Å². The Labute approximate surface area is 137 Å². The summed E-state index contributed by atoms with van der Waals surface area (Å²) in [5, 5.41) is 8.23. The van der Waals surface area contributed by atoms with Crippen LogP contribution in [0, 0.1) is 0 Å². The monoisotopic (exact) mass is 347 g/mol. The molecule has 1 aromatic rings. The van der Waals surface area contributed by atoms with E-state index in [0.717, 1.165) is 19.4 Å². The molecule has 1 fully saturated rings. The Morgan fingerprint density at radius 3 is 2.82 bits per heavy atom. The van der Waals surface area contributed by atoms with Crippen LogP contribution in [0.5, 0.6) is 0 Å². The first-order chi connectivity index (χ1) is 9.89. The number of amides is 1. The number of sulfonamides is 1. The van der Waals surface area contributed by atoms with E-state index in [9.17, 15) is 13.2 Å². The van der Waals surface area contributed by atoms with E-state index in [2.05, 4.69) is 5.32 Å². The summed E-state index contributed by atoms with van der Waals surface area (Å²) >= 11 is 0. The van der Waals surface area contributed by atoms with Gasteiger partial charge in [-0.1, -0.05) is 12.1 Å². The first-order valence-corrected chi connectivity index (χ1v) is 8.66. The zero-order valence-corrected chi connectivity index (χ0v) is 14.1. The maximum Gasteiger partial charge on any atom is 0.253 e. The largest absolute Gasteiger partial charge is 0.337 e. The van der Waals surface area contributed by atoms with Gasteiger partial charge in [0.1, 0.15) is 0 Å². The van der Waals surface area contributed by atoms with E-state index in [0.29, 0.717) is 23.7 Å². The molecule has 0 bridgehead atoms. The fraction of sp³-hybridized carbons (Fsp3) is 0.500. The second-order valence-electron chi connectivity index (χ2n) is 5.39. The maximum absolute atomic E-state index is 12.5. The number of carbonyl (C=O) groups is 1. The molecule has 0 aliphatic carbocycles. The van der Waals surface area contributed by atoms with E-state index >= 15 is 0 Å². The summed E-state index contributed by atoms with van der Waals surface area (Å²) in [6.07, 6.45) is 2.03. The Bertz CT molecular complexity index is 622. The number of hydrogen-bond donors (Lipinski definition) is 2. The molecule has 3 N–H and O–H groups in total. The van der Waals surface area contributed by atoms with E-state index in [1.54, 1.807) is 29.2 Å². The van der Waals surface area contributed by atoms with Crippen molar-refractivity contribution in [2.24, 2.45) is 5.14 Å². The molecule has 6 nitrogen and oxygen atoms in total. The number of primary sulfonamides is 1. The summed E-state index contributed by atoms with van der Waals surface area (Å²) < 4.78 is 22.3. The van der Waals surface area contributed by atoms with E-state index in [1.807, 2.05) is 7.05 Å². The minimum absolute atomic E-state index is 0. The second-order valence-corrected chi connectivity index (χ2v) is 7.00. The summed E-state index contributed by atoms with van der Waals surface area (Å²) in [6.45, 7) is 1.41.